The molecule has 1 aromatic carbocycles. The molecule has 4 nitrogen and oxygen atoms in total. The van der Waals surface area contributed by atoms with Crippen molar-refractivity contribution in [2.45, 2.75) is 17.7 Å². The van der Waals surface area contributed by atoms with E-state index < -0.39 is 5.97 Å². The van der Waals surface area contributed by atoms with Crippen LogP contribution in [0.2, 0.25) is 0 Å². The van der Waals surface area contributed by atoms with Gasteiger partial charge in [0, 0.05) is 15.9 Å². The molecule has 0 heterocycles. The average molecular weight is 344 g/mol. The van der Waals surface area contributed by atoms with Crippen LogP contribution in [0.3, 0.4) is 0 Å². The Balaban J connectivity index is 1.86. The third-order valence-corrected chi connectivity index (χ3v) is 4.51. The number of carboxylic acid groups (broad SMARTS) is 1. The van der Waals surface area contributed by atoms with Crippen molar-refractivity contribution in [1.82, 2.24) is 5.32 Å². The number of hydrogen-bond acceptors (Lipinski definition) is 3. The highest BCUT2D eigenvalue weighted by atomic mass is 79.9. The summed E-state index contributed by atoms with van der Waals surface area (Å²) in [7, 11) is 0. The Morgan fingerprint density at radius 2 is 2.16 bits per heavy atom. The van der Waals surface area contributed by atoms with Crippen molar-refractivity contribution in [3.63, 3.8) is 0 Å². The maximum atomic E-state index is 11.6. The summed E-state index contributed by atoms with van der Waals surface area (Å²) in [6.07, 6.45) is 2.42. The van der Waals surface area contributed by atoms with Gasteiger partial charge in [0.2, 0.25) is 5.91 Å². The van der Waals surface area contributed by atoms with E-state index >= 15 is 0 Å². The lowest BCUT2D eigenvalue weighted by Gasteiger charge is -2.06. The molecule has 1 aliphatic rings. The zero-order valence-corrected chi connectivity index (χ0v) is 12.6. The number of rotatable bonds is 6. The van der Waals surface area contributed by atoms with Crippen LogP contribution in [0.1, 0.15) is 23.2 Å². The number of carbonyl (C=O) groups is 2. The van der Waals surface area contributed by atoms with Gasteiger partial charge in [0.15, 0.2) is 0 Å². The van der Waals surface area contributed by atoms with Crippen LogP contribution in [0.4, 0.5) is 0 Å². The van der Waals surface area contributed by atoms with Gasteiger partial charge in [-0.15, -0.1) is 11.8 Å². The summed E-state index contributed by atoms with van der Waals surface area (Å²) in [6, 6.07) is 5.06. The molecule has 102 valence electrons. The standard InChI is InChI=1S/C13H14BrNO3S/c14-11-4-3-9(5-10(11)13(17)18)19-7-12(16)15-6-8-1-2-8/h3-5,8H,1-2,6-7H2,(H,15,16)(H,17,18). The fourth-order valence-electron chi connectivity index (χ4n) is 1.54. The highest BCUT2D eigenvalue weighted by Gasteiger charge is 2.21. The molecule has 0 aliphatic heterocycles. The molecule has 0 atom stereocenters. The molecule has 0 spiro atoms. The second-order valence-electron chi connectivity index (χ2n) is 4.48. The van der Waals surface area contributed by atoms with Crippen molar-refractivity contribution in [1.29, 1.82) is 0 Å². The van der Waals surface area contributed by atoms with Crippen molar-refractivity contribution in [3.05, 3.63) is 28.2 Å². The lowest BCUT2D eigenvalue weighted by atomic mass is 10.2. The molecule has 6 heteroatoms. The smallest absolute Gasteiger partial charge is 0.336 e. The molecule has 1 aromatic rings. The number of carboxylic acids is 1. The first-order valence-corrected chi connectivity index (χ1v) is 7.76. The number of amides is 1. The average Bonchev–Trinajstić information content (AvgIpc) is 3.19. The van der Waals surface area contributed by atoms with Crippen molar-refractivity contribution in [2.75, 3.05) is 12.3 Å². The minimum Gasteiger partial charge on any atom is -0.478 e. The Bertz CT molecular complexity index is 503. The van der Waals surface area contributed by atoms with Crippen molar-refractivity contribution in [3.8, 4) is 0 Å². The summed E-state index contributed by atoms with van der Waals surface area (Å²) in [4.78, 5) is 23.3. The Kier molecular flexibility index (Phi) is 4.87. The maximum absolute atomic E-state index is 11.6. The third-order valence-electron chi connectivity index (χ3n) is 2.82. The lowest BCUT2D eigenvalue weighted by Crippen LogP contribution is -2.27. The van der Waals surface area contributed by atoms with Gasteiger partial charge in [-0.1, -0.05) is 0 Å². The predicted octanol–water partition coefficient (Wildman–Crippen LogP) is 2.77. The second-order valence-corrected chi connectivity index (χ2v) is 6.39. The van der Waals surface area contributed by atoms with Gasteiger partial charge in [-0.25, -0.2) is 4.79 Å². The van der Waals surface area contributed by atoms with E-state index in [1.165, 1.54) is 24.6 Å². The number of nitrogens with one attached hydrogen (secondary N) is 1. The molecule has 19 heavy (non-hydrogen) atoms. The van der Waals surface area contributed by atoms with E-state index in [0.29, 0.717) is 16.1 Å². The van der Waals surface area contributed by atoms with Crippen LogP contribution in [0.15, 0.2) is 27.6 Å². The van der Waals surface area contributed by atoms with E-state index in [1.54, 1.807) is 18.2 Å². The summed E-state index contributed by atoms with van der Waals surface area (Å²) in [5.41, 5.74) is 0.211. The van der Waals surface area contributed by atoms with E-state index in [0.717, 1.165) is 11.4 Å². The molecular formula is C13H14BrNO3S. The van der Waals surface area contributed by atoms with Crippen LogP contribution in [0.25, 0.3) is 0 Å². The van der Waals surface area contributed by atoms with Crippen LogP contribution in [0.5, 0.6) is 0 Å². The summed E-state index contributed by atoms with van der Waals surface area (Å²) in [6.45, 7) is 0.764. The molecule has 0 radical (unpaired) electrons. The Morgan fingerprint density at radius 1 is 1.42 bits per heavy atom. The zero-order valence-electron chi connectivity index (χ0n) is 10.2. The highest BCUT2D eigenvalue weighted by molar-refractivity contribution is 9.10. The number of hydrogen-bond donors (Lipinski definition) is 2. The second kappa shape index (κ2) is 6.43. The van der Waals surface area contributed by atoms with Gasteiger partial charge in [-0.05, 0) is 52.9 Å². The third kappa shape index (κ3) is 4.54. The summed E-state index contributed by atoms with van der Waals surface area (Å²) < 4.78 is 0.544. The van der Waals surface area contributed by atoms with E-state index in [2.05, 4.69) is 21.2 Å². The summed E-state index contributed by atoms with van der Waals surface area (Å²) in [5.74, 6) is -0.00242. The number of thioether (sulfide) groups is 1. The van der Waals surface area contributed by atoms with E-state index in [1.807, 2.05) is 0 Å². The fraction of sp³-hybridized carbons (Fsp3) is 0.385. The van der Waals surface area contributed by atoms with Crippen molar-refractivity contribution >= 4 is 39.6 Å². The van der Waals surface area contributed by atoms with E-state index in [-0.39, 0.29) is 11.5 Å². The quantitative estimate of drug-likeness (QED) is 0.779. The first-order valence-electron chi connectivity index (χ1n) is 5.98. The number of halogens is 1. The molecule has 1 saturated carbocycles. The number of aromatic carboxylic acids is 1. The van der Waals surface area contributed by atoms with Crippen LogP contribution in [0, 0.1) is 5.92 Å². The Hall–Kier alpha value is -1.01. The maximum Gasteiger partial charge on any atom is 0.336 e. The predicted molar refractivity (Wildman–Crippen MR) is 77.6 cm³/mol. The SMILES string of the molecule is O=C(CSc1ccc(Br)c(C(=O)O)c1)NCC1CC1. The summed E-state index contributed by atoms with van der Waals surface area (Å²) in [5, 5.41) is 11.9. The zero-order chi connectivity index (χ0) is 13.8. The van der Waals surface area contributed by atoms with Crippen LogP contribution in [-0.4, -0.2) is 29.3 Å². The molecule has 2 rings (SSSR count). The molecular weight excluding hydrogens is 330 g/mol. The van der Waals surface area contributed by atoms with Gasteiger partial charge in [-0.3, -0.25) is 4.79 Å². The minimum absolute atomic E-state index is 0.00306. The molecule has 1 fully saturated rings. The first kappa shape index (κ1) is 14.4. The van der Waals surface area contributed by atoms with E-state index in [4.69, 9.17) is 5.11 Å². The van der Waals surface area contributed by atoms with Crippen LogP contribution < -0.4 is 5.32 Å². The van der Waals surface area contributed by atoms with Crippen molar-refractivity contribution < 1.29 is 14.7 Å². The minimum atomic E-state index is -0.979. The number of benzene rings is 1. The monoisotopic (exact) mass is 343 g/mol. The van der Waals surface area contributed by atoms with E-state index in [9.17, 15) is 9.59 Å². The normalized spacial score (nSPS) is 14.2. The van der Waals surface area contributed by atoms with Gasteiger partial charge in [0.1, 0.15) is 0 Å². The van der Waals surface area contributed by atoms with Gasteiger partial charge in [0.05, 0.1) is 11.3 Å². The fourth-order valence-corrected chi connectivity index (χ4v) is 2.72. The first-order chi connectivity index (χ1) is 9.06. The highest BCUT2D eigenvalue weighted by Crippen LogP contribution is 2.28. The topological polar surface area (TPSA) is 66.4 Å². The van der Waals surface area contributed by atoms with Gasteiger partial charge >= 0.3 is 5.97 Å². The molecule has 1 amide bonds. The molecule has 0 unspecified atom stereocenters. The molecule has 0 aromatic heterocycles. The molecule has 0 bridgehead atoms. The van der Waals surface area contributed by atoms with Gasteiger partial charge in [0.25, 0.3) is 0 Å². The summed E-state index contributed by atoms with van der Waals surface area (Å²) >= 11 is 4.53. The van der Waals surface area contributed by atoms with Gasteiger partial charge in [-0.2, -0.15) is 0 Å². The Labute approximate surface area is 124 Å². The van der Waals surface area contributed by atoms with Crippen LogP contribution in [-0.2, 0) is 4.79 Å². The lowest BCUT2D eigenvalue weighted by molar-refractivity contribution is -0.118. The van der Waals surface area contributed by atoms with Crippen LogP contribution >= 0.6 is 27.7 Å². The van der Waals surface area contributed by atoms with Gasteiger partial charge < -0.3 is 10.4 Å². The number of carbonyl (C=O) groups excluding carboxylic acids is 1. The van der Waals surface area contributed by atoms with Crippen molar-refractivity contribution in [2.24, 2.45) is 5.92 Å². The molecule has 1 aliphatic carbocycles. The molecule has 0 saturated heterocycles. The molecule has 2 N–H and O–H groups in total. The Morgan fingerprint density at radius 3 is 2.79 bits per heavy atom. The largest absolute Gasteiger partial charge is 0.478 e.